The van der Waals surface area contributed by atoms with Gasteiger partial charge < -0.3 is 0 Å². The monoisotopic (exact) mass is 194 g/mol. The van der Waals surface area contributed by atoms with E-state index in [2.05, 4.69) is 0 Å². The second-order valence-corrected chi connectivity index (χ2v) is 3.12. The molecule has 0 aliphatic carbocycles. The van der Waals surface area contributed by atoms with Gasteiger partial charge in [-0.2, -0.15) is 26.3 Å². The highest BCUT2D eigenvalue weighted by Gasteiger charge is 2.54. The largest absolute Gasteiger partial charge is 0.417 e. The van der Waals surface area contributed by atoms with E-state index in [1.54, 1.807) is 0 Å². The minimum Gasteiger partial charge on any atom is -0.166 e. The first kappa shape index (κ1) is 8.84. The number of rotatable bonds is 0. The SMILES string of the molecule is FC(F)(F)C1=C(C(F)(F)F)P1. The van der Waals surface area contributed by atoms with Gasteiger partial charge in [0.2, 0.25) is 0 Å². The molecule has 7 heteroatoms. The summed E-state index contributed by atoms with van der Waals surface area (Å²) in [5.41, 5.74) is 0. The van der Waals surface area contributed by atoms with Gasteiger partial charge in [-0.15, -0.1) is 0 Å². The molecule has 0 amide bonds. The Morgan fingerprint density at radius 1 is 0.727 bits per heavy atom. The molecule has 0 aromatic rings. The molecule has 0 nitrogen and oxygen atoms in total. The quantitative estimate of drug-likeness (QED) is 0.410. The lowest BCUT2D eigenvalue weighted by Gasteiger charge is -1.98. The fraction of sp³-hybridized carbons (Fsp3) is 0.500. The highest BCUT2D eigenvalue weighted by Crippen LogP contribution is 2.65. The molecule has 0 atom stereocenters. The van der Waals surface area contributed by atoms with E-state index >= 15 is 0 Å². The molecule has 64 valence electrons. The normalized spacial score (nSPS) is 19.1. The molecule has 11 heavy (non-hydrogen) atoms. The third-order valence-electron chi connectivity index (χ3n) is 1.00. The van der Waals surface area contributed by atoms with Crippen molar-refractivity contribution in [3.8, 4) is 0 Å². The molecule has 1 aliphatic rings. The first-order chi connectivity index (χ1) is 4.73. The van der Waals surface area contributed by atoms with Crippen LogP contribution in [0.25, 0.3) is 0 Å². The minimum absolute atomic E-state index is 1.20. The summed E-state index contributed by atoms with van der Waals surface area (Å²) in [6.07, 6.45) is -9.58. The average molecular weight is 194 g/mol. The molecule has 1 aliphatic heterocycles. The maximum Gasteiger partial charge on any atom is 0.417 e. The van der Waals surface area contributed by atoms with Crippen molar-refractivity contribution in [2.75, 3.05) is 0 Å². The van der Waals surface area contributed by atoms with E-state index in [1.807, 2.05) is 0 Å². The van der Waals surface area contributed by atoms with E-state index in [0.29, 0.717) is 0 Å². The van der Waals surface area contributed by atoms with Crippen molar-refractivity contribution < 1.29 is 26.3 Å². The topological polar surface area (TPSA) is 0 Å². The Kier molecular flexibility index (Phi) is 1.71. The van der Waals surface area contributed by atoms with Gasteiger partial charge in [-0.05, 0) is 8.58 Å². The van der Waals surface area contributed by atoms with Crippen LogP contribution in [0.4, 0.5) is 26.3 Å². The minimum atomic E-state index is -4.79. The first-order valence-corrected chi connectivity index (χ1v) is 3.38. The zero-order valence-corrected chi connectivity index (χ0v) is 5.77. The van der Waals surface area contributed by atoms with Crippen LogP contribution in [-0.4, -0.2) is 12.4 Å². The van der Waals surface area contributed by atoms with Crippen LogP contribution in [0.1, 0.15) is 0 Å². The predicted octanol–water partition coefficient (Wildman–Crippen LogP) is 3.01. The van der Waals surface area contributed by atoms with Gasteiger partial charge in [0, 0.05) is 0 Å². The summed E-state index contributed by atoms with van der Waals surface area (Å²) in [4.78, 5) is 0. The van der Waals surface area contributed by atoms with Crippen LogP contribution < -0.4 is 0 Å². The molecule has 0 fully saturated rings. The molecule has 0 N–H and O–H groups in total. The molecule has 0 spiro atoms. The van der Waals surface area contributed by atoms with Crippen LogP contribution in [0, 0.1) is 0 Å². The van der Waals surface area contributed by atoms with Crippen molar-refractivity contribution in [2.45, 2.75) is 12.4 Å². The Bertz CT molecular complexity index is 186. The molecule has 0 saturated heterocycles. The molecule has 0 bridgehead atoms. The molecule has 1 rings (SSSR count). The van der Waals surface area contributed by atoms with Gasteiger partial charge >= 0.3 is 12.4 Å². The number of hydrogen-bond acceptors (Lipinski definition) is 0. The van der Waals surface area contributed by atoms with Crippen LogP contribution in [0.15, 0.2) is 10.6 Å². The lowest BCUT2D eigenvalue weighted by atomic mass is 10.5. The van der Waals surface area contributed by atoms with Gasteiger partial charge in [-0.1, -0.05) is 0 Å². The van der Waals surface area contributed by atoms with Crippen LogP contribution in [0.5, 0.6) is 0 Å². The maximum atomic E-state index is 11.5. The fourth-order valence-corrected chi connectivity index (χ4v) is 1.27. The lowest BCUT2D eigenvalue weighted by Crippen LogP contribution is -2.07. The average Bonchev–Trinajstić information content (AvgIpc) is 2.30. The van der Waals surface area contributed by atoms with Crippen molar-refractivity contribution in [3.63, 3.8) is 0 Å². The van der Waals surface area contributed by atoms with Crippen molar-refractivity contribution in [1.29, 1.82) is 0 Å². The van der Waals surface area contributed by atoms with Crippen LogP contribution in [0.3, 0.4) is 0 Å². The Labute approximate surface area is 59.0 Å². The van der Waals surface area contributed by atoms with Gasteiger partial charge in [0.1, 0.15) is 0 Å². The van der Waals surface area contributed by atoms with Gasteiger partial charge in [-0.3, -0.25) is 0 Å². The van der Waals surface area contributed by atoms with E-state index in [-0.39, 0.29) is 0 Å². The smallest absolute Gasteiger partial charge is 0.166 e. The predicted molar refractivity (Wildman–Crippen MR) is 27.5 cm³/mol. The lowest BCUT2D eigenvalue weighted by molar-refractivity contribution is -0.0981. The van der Waals surface area contributed by atoms with Crippen molar-refractivity contribution in [2.24, 2.45) is 0 Å². The fourth-order valence-electron chi connectivity index (χ4n) is 0.519. The van der Waals surface area contributed by atoms with Crippen molar-refractivity contribution in [3.05, 3.63) is 10.6 Å². The van der Waals surface area contributed by atoms with Gasteiger partial charge in [0.05, 0.1) is 10.6 Å². The molecular formula is C4HF6P. The third kappa shape index (κ3) is 1.86. The Morgan fingerprint density at radius 2 is 1.00 bits per heavy atom. The Hall–Kier alpha value is -0.250. The van der Waals surface area contributed by atoms with E-state index < -0.39 is 31.6 Å². The molecular weight excluding hydrogens is 193 g/mol. The van der Waals surface area contributed by atoms with Gasteiger partial charge in [0.15, 0.2) is 0 Å². The Balaban J connectivity index is 2.77. The van der Waals surface area contributed by atoms with Gasteiger partial charge in [-0.25, -0.2) is 0 Å². The zero-order chi connectivity index (χ0) is 8.86. The molecule has 0 radical (unpaired) electrons. The highest BCUT2D eigenvalue weighted by molar-refractivity contribution is 7.56. The summed E-state index contributed by atoms with van der Waals surface area (Å²) in [7, 11) is -1.20. The van der Waals surface area contributed by atoms with Crippen LogP contribution in [-0.2, 0) is 0 Å². The summed E-state index contributed by atoms with van der Waals surface area (Å²) >= 11 is 0. The molecule has 0 saturated carbocycles. The maximum absolute atomic E-state index is 11.5. The highest BCUT2D eigenvalue weighted by atomic mass is 31.1. The van der Waals surface area contributed by atoms with Gasteiger partial charge in [0.25, 0.3) is 0 Å². The van der Waals surface area contributed by atoms with E-state index in [0.717, 1.165) is 0 Å². The summed E-state index contributed by atoms with van der Waals surface area (Å²) in [6, 6.07) is 0. The number of alkyl halides is 6. The second-order valence-electron chi connectivity index (χ2n) is 1.87. The van der Waals surface area contributed by atoms with Crippen LogP contribution >= 0.6 is 8.58 Å². The summed E-state index contributed by atoms with van der Waals surface area (Å²) in [5, 5.41) is -2.82. The molecule has 1 heterocycles. The summed E-state index contributed by atoms with van der Waals surface area (Å²) < 4.78 is 68.8. The zero-order valence-electron chi connectivity index (χ0n) is 4.77. The summed E-state index contributed by atoms with van der Waals surface area (Å²) in [5.74, 6) is 0. The van der Waals surface area contributed by atoms with Crippen molar-refractivity contribution >= 4 is 8.58 Å². The van der Waals surface area contributed by atoms with Crippen molar-refractivity contribution in [1.82, 2.24) is 0 Å². The number of halogens is 6. The standard InChI is InChI=1S/C4HF6P/c5-3(6,7)1-2(11-1)4(8,9)10/h11H. The van der Waals surface area contributed by atoms with E-state index in [9.17, 15) is 26.3 Å². The molecule has 0 aromatic heterocycles. The third-order valence-corrected chi connectivity index (χ3v) is 2.32. The van der Waals surface area contributed by atoms with Crippen LogP contribution in [0.2, 0.25) is 0 Å². The Morgan fingerprint density at radius 3 is 1.09 bits per heavy atom. The van der Waals surface area contributed by atoms with E-state index in [1.165, 1.54) is 0 Å². The summed E-state index contributed by atoms with van der Waals surface area (Å²) in [6.45, 7) is 0. The number of hydrogen-bond donors (Lipinski definition) is 0. The second kappa shape index (κ2) is 2.12. The molecule has 0 unspecified atom stereocenters. The molecule has 0 aromatic carbocycles. The first-order valence-electron chi connectivity index (χ1n) is 2.38. The number of allylic oxidation sites excluding steroid dienone is 2. The van der Waals surface area contributed by atoms with E-state index in [4.69, 9.17) is 0 Å².